The second kappa shape index (κ2) is 6.36. The van der Waals surface area contributed by atoms with E-state index in [-0.39, 0.29) is 11.3 Å². The van der Waals surface area contributed by atoms with E-state index in [2.05, 4.69) is 37.2 Å². The normalized spacial score (nSPS) is 10.2. The summed E-state index contributed by atoms with van der Waals surface area (Å²) >= 11 is 6.42. The second-order valence-electron chi connectivity index (χ2n) is 4.34. The number of anilines is 1. The Morgan fingerprint density at radius 1 is 1.19 bits per heavy atom. The van der Waals surface area contributed by atoms with Gasteiger partial charge in [-0.05, 0) is 52.7 Å². The molecule has 1 N–H and O–H groups in total. The Hall–Kier alpha value is -1.73. The van der Waals surface area contributed by atoms with Gasteiger partial charge in [-0.1, -0.05) is 22.0 Å². The van der Waals surface area contributed by atoms with Crippen molar-refractivity contribution in [3.63, 3.8) is 0 Å². The first-order valence-corrected chi connectivity index (χ1v) is 7.48. The van der Waals surface area contributed by atoms with Crippen LogP contribution in [0.1, 0.15) is 15.9 Å². The van der Waals surface area contributed by atoms with E-state index in [1.54, 1.807) is 6.07 Å². The maximum Gasteiger partial charge on any atom is 0.284 e. The zero-order chi connectivity index (χ0) is 15.6. The van der Waals surface area contributed by atoms with Crippen LogP contribution in [-0.2, 0) is 0 Å². The van der Waals surface area contributed by atoms with Gasteiger partial charge < -0.3 is 5.32 Å². The van der Waals surface area contributed by atoms with E-state index in [1.807, 2.05) is 19.1 Å². The Morgan fingerprint density at radius 2 is 1.90 bits per heavy atom. The SMILES string of the molecule is Cc1ccc(Br)cc1NC(=O)c1ccc(Br)c([N+](=O)[O-])c1. The lowest BCUT2D eigenvalue weighted by atomic mass is 10.1. The molecule has 0 unspecified atom stereocenters. The van der Waals surface area contributed by atoms with Gasteiger partial charge in [0.15, 0.2) is 0 Å². The van der Waals surface area contributed by atoms with Crippen molar-refractivity contribution >= 4 is 49.1 Å². The van der Waals surface area contributed by atoms with Gasteiger partial charge in [0, 0.05) is 21.8 Å². The molecule has 2 rings (SSSR count). The van der Waals surface area contributed by atoms with Crippen LogP contribution >= 0.6 is 31.9 Å². The van der Waals surface area contributed by atoms with Crippen molar-refractivity contribution < 1.29 is 9.72 Å². The molecule has 21 heavy (non-hydrogen) atoms. The first kappa shape index (κ1) is 15.7. The summed E-state index contributed by atoms with van der Waals surface area (Å²) in [5, 5.41) is 13.6. The lowest BCUT2D eigenvalue weighted by molar-refractivity contribution is -0.385. The largest absolute Gasteiger partial charge is 0.322 e. The summed E-state index contributed by atoms with van der Waals surface area (Å²) in [5.74, 6) is -0.396. The van der Waals surface area contributed by atoms with E-state index < -0.39 is 10.8 Å². The standard InChI is InChI=1S/C14H10Br2N2O3/c1-8-2-4-10(15)7-12(8)17-14(19)9-3-5-11(16)13(6-9)18(20)21/h2-7H,1H3,(H,17,19). The number of nitrogens with zero attached hydrogens (tertiary/aromatic N) is 1. The topological polar surface area (TPSA) is 72.2 Å². The molecule has 2 aromatic carbocycles. The van der Waals surface area contributed by atoms with Crippen LogP contribution in [0, 0.1) is 17.0 Å². The molecule has 0 radical (unpaired) electrons. The van der Waals surface area contributed by atoms with Crippen LogP contribution in [0.2, 0.25) is 0 Å². The summed E-state index contributed by atoms with van der Waals surface area (Å²) in [6.07, 6.45) is 0. The maximum absolute atomic E-state index is 12.2. The van der Waals surface area contributed by atoms with Gasteiger partial charge in [0.2, 0.25) is 0 Å². The van der Waals surface area contributed by atoms with Crippen molar-refractivity contribution in [2.75, 3.05) is 5.32 Å². The van der Waals surface area contributed by atoms with Gasteiger partial charge in [0.05, 0.1) is 9.40 Å². The Kier molecular flexibility index (Phi) is 4.74. The lowest BCUT2D eigenvalue weighted by Crippen LogP contribution is -2.13. The van der Waals surface area contributed by atoms with Crippen LogP contribution in [0.25, 0.3) is 0 Å². The predicted octanol–water partition coefficient (Wildman–Crippen LogP) is 4.68. The van der Waals surface area contributed by atoms with Crippen molar-refractivity contribution in [1.29, 1.82) is 0 Å². The Balaban J connectivity index is 2.30. The fraction of sp³-hybridized carbons (Fsp3) is 0.0714. The number of nitrogens with one attached hydrogen (secondary N) is 1. The van der Waals surface area contributed by atoms with Crippen LogP contribution in [0.3, 0.4) is 0 Å². The summed E-state index contributed by atoms with van der Waals surface area (Å²) in [5.41, 5.74) is 1.64. The highest BCUT2D eigenvalue weighted by Gasteiger charge is 2.16. The molecular weight excluding hydrogens is 404 g/mol. The quantitative estimate of drug-likeness (QED) is 0.586. The Labute approximate surface area is 137 Å². The van der Waals surface area contributed by atoms with E-state index >= 15 is 0 Å². The zero-order valence-electron chi connectivity index (χ0n) is 10.9. The van der Waals surface area contributed by atoms with Crippen LogP contribution < -0.4 is 5.32 Å². The lowest BCUT2D eigenvalue weighted by Gasteiger charge is -2.09. The van der Waals surface area contributed by atoms with Gasteiger partial charge in [0.25, 0.3) is 11.6 Å². The molecule has 0 saturated carbocycles. The molecule has 0 fully saturated rings. The molecule has 0 bridgehead atoms. The minimum atomic E-state index is -0.536. The van der Waals surface area contributed by atoms with Gasteiger partial charge in [-0.2, -0.15) is 0 Å². The first-order valence-electron chi connectivity index (χ1n) is 5.90. The molecule has 0 aliphatic rings. The fourth-order valence-corrected chi connectivity index (χ4v) is 2.47. The van der Waals surface area contributed by atoms with Crippen LogP contribution in [-0.4, -0.2) is 10.8 Å². The van der Waals surface area contributed by atoms with E-state index in [0.717, 1.165) is 10.0 Å². The monoisotopic (exact) mass is 412 g/mol. The molecule has 0 aliphatic heterocycles. The number of benzene rings is 2. The third-order valence-corrected chi connectivity index (χ3v) is 4.02. The van der Waals surface area contributed by atoms with E-state index in [1.165, 1.54) is 18.2 Å². The summed E-state index contributed by atoms with van der Waals surface area (Å²) in [7, 11) is 0. The summed E-state index contributed by atoms with van der Waals surface area (Å²) in [6, 6.07) is 9.77. The molecule has 7 heteroatoms. The number of carbonyl (C=O) groups excluding carboxylic acids is 1. The third-order valence-electron chi connectivity index (χ3n) is 2.85. The highest BCUT2D eigenvalue weighted by molar-refractivity contribution is 9.10. The molecule has 0 spiro atoms. The molecule has 0 aliphatic carbocycles. The number of halogens is 2. The average molecular weight is 414 g/mol. The van der Waals surface area contributed by atoms with Crippen LogP contribution in [0.5, 0.6) is 0 Å². The molecule has 2 aromatic rings. The van der Waals surface area contributed by atoms with Gasteiger partial charge >= 0.3 is 0 Å². The van der Waals surface area contributed by atoms with Crippen molar-refractivity contribution in [2.45, 2.75) is 6.92 Å². The van der Waals surface area contributed by atoms with Crippen LogP contribution in [0.15, 0.2) is 45.3 Å². The molecule has 0 aromatic heterocycles. The van der Waals surface area contributed by atoms with Gasteiger partial charge in [-0.25, -0.2) is 0 Å². The summed E-state index contributed by atoms with van der Waals surface area (Å²) in [6.45, 7) is 1.87. The number of hydrogen-bond donors (Lipinski definition) is 1. The highest BCUT2D eigenvalue weighted by Crippen LogP contribution is 2.26. The van der Waals surface area contributed by atoms with E-state index in [9.17, 15) is 14.9 Å². The molecule has 108 valence electrons. The number of amides is 1. The average Bonchev–Trinajstić information content (AvgIpc) is 2.43. The molecule has 0 saturated heterocycles. The number of rotatable bonds is 3. The van der Waals surface area contributed by atoms with Crippen molar-refractivity contribution in [1.82, 2.24) is 0 Å². The van der Waals surface area contributed by atoms with Gasteiger partial charge in [0.1, 0.15) is 0 Å². The minimum absolute atomic E-state index is 0.145. The van der Waals surface area contributed by atoms with Gasteiger partial charge in [-0.15, -0.1) is 0 Å². The van der Waals surface area contributed by atoms with Crippen molar-refractivity contribution in [2.24, 2.45) is 0 Å². The number of hydrogen-bond acceptors (Lipinski definition) is 3. The third kappa shape index (κ3) is 3.68. The molecule has 1 amide bonds. The molecule has 5 nitrogen and oxygen atoms in total. The maximum atomic E-state index is 12.2. The fourth-order valence-electron chi connectivity index (χ4n) is 1.72. The smallest absolute Gasteiger partial charge is 0.284 e. The summed E-state index contributed by atoms with van der Waals surface area (Å²) < 4.78 is 1.17. The Morgan fingerprint density at radius 3 is 2.57 bits per heavy atom. The highest BCUT2D eigenvalue weighted by atomic mass is 79.9. The summed E-state index contributed by atoms with van der Waals surface area (Å²) in [4.78, 5) is 22.6. The van der Waals surface area contributed by atoms with E-state index in [4.69, 9.17) is 0 Å². The first-order chi connectivity index (χ1) is 9.88. The van der Waals surface area contributed by atoms with Crippen molar-refractivity contribution in [3.05, 3.63) is 66.6 Å². The zero-order valence-corrected chi connectivity index (χ0v) is 14.1. The van der Waals surface area contributed by atoms with Crippen molar-refractivity contribution in [3.8, 4) is 0 Å². The number of nitro groups is 1. The second-order valence-corrected chi connectivity index (χ2v) is 6.11. The number of nitro benzene ring substituents is 1. The molecular formula is C14H10Br2N2O3. The van der Waals surface area contributed by atoms with Crippen LogP contribution in [0.4, 0.5) is 11.4 Å². The predicted molar refractivity (Wildman–Crippen MR) is 87.6 cm³/mol. The van der Waals surface area contributed by atoms with E-state index in [0.29, 0.717) is 10.2 Å². The van der Waals surface area contributed by atoms with Gasteiger partial charge in [-0.3, -0.25) is 14.9 Å². The number of carbonyl (C=O) groups is 1. The Bertz CT molecular complexity index is 732. The molecule has 0 heterocycles. The number of aryl methyl sites for hydroxylation is 1. The minimum Gasteiger partial charge on any atom is -0.322 e. The molecule has 0 atom stereocenters.